The van der Waals surface area contributed by atoms with Gasteiger partial charge in [0.2, 0.25) is 0 Å². The summed E-state index contributed by atoms with van der Waals surface area (Å²) in [6.45, 7) is 8.74. The highest BCUT2D eigenvalue weighted by molar-refractivity contribution is 4.79. The molecule has 4 heteroatoms. The summed E-state index contributed by atoms with van der Waals surface area (Å²) in [6, 6.07) is 0.0787. The molecule has 0 saturated heterocycles. The maximum absolute atomic E-state index is 9.65. The Morgan fingerprint density at radius 2 is 1.93 bits per heavy atom. The first kappa shape index (κ1) is 14.8. The number of aliphatic hydroxyl groups is 1. The van der Waals surface area contributed by atoms with Crippen molar-refractivity contribution in [1.82, 2.24) is 10.2 Å². The molecule has 0 aromatic rings. The van der Waals surface area contributed by atoms with E-state index in [-0.39, 0.29) is 6.04 Å². The third-order valence-electron chi connectivity index (χ3n) is 2.44. The predicted molar refractivity (Wildman–Crippen MR) is 63.1 cm³/mol. The molecule has 0 aromatic carbocycles. The summed E-state index contributed by atoms with van der Waals surface area (Å²) in [6.07, 6.45) is 0. The molecule has 0 bridgehead atoms. The van der Waals surface area contributed by atoms with E-state index in [1.807, 2.05) is 21.0 Å². The van der Waals surface area contributed by atoms with Gasteiger partial charge in [0.25, 0.3) is 0 Å². The van der Waals surface area contributed by atoms with Gasteiger partial charge in [-0.2, -0.15) is 0 Å². The molecule has 0 rings (SSSR count). The average Bonchev–Trinajstić information content (AvgIpc) is 2.08. The van der Waals surface area contributed by atoms with Crippen LogP contribution in [0.1, 0.15) is 20.8 Å². The van der Waals surface area contributed by atoms with Crippen LogP contribution in [0.15, 0.2) is 0 Å². The largest absolute Gasteiger partial charge is 0.389 e. The Kier molecular flexibility index (Phi) is 7.09. The number of likely N-dealkylation sites (N-methyl/N-ethyl adjacent to an activating group) is 1. The maximum atomic E-state index is 9.65. The van der Waals surface area contributed by atoms with Crippen LogP contribution in [0.3, 0.4) is 0 Å². The Labute approximate surface area is 93.6 Å². The fourth-order valence-corrected chi connectivity index (χ4v) is 0.947. The van der Waals surface area contributed by atoms with Crippen molar-refractivity contribution in [2.45, 2.75) is 32.4 Å². The monoisotopic (exact) mass is 218 g/mol. The Balaban J connectivity index is 3.32. The van der Waals surface area contributed by atoms with Crippen molar-refractivity contribution >= 4 is 0 Å². The fraction of sp³-hybridized carbons (Fsp3) is 1.00. The van der Waals surface area contributed by atoms with Gasteiger partial charge in [0.1, 0.15) is 0 Å². The third kappa shape index (κ3) is 8.81. The van der Waals surface area contributed by atoms with Crippen LogP contribution in [0.2, 0.25) is 0 Å². The van der Waals surface area contributed by atoms with Gasteiger partial charge in [-0.3, -0.25) is 0 Å². The second-order valence-electron chi connectivity index (χ2n) is 4.75. The van der Waals surface area contributed by atoms with Crippen molar-refractivity contribution in [3.05, 3.63) is 0 Å². The minimum Gasteiger partial charge on any atom is -0.389 e. The molecular formula is C11H26N2O2. The molecule has 1 unspecified atom stereocenters. The number of ether oxygens (including phenoxy) is 1. The van der Waals surface area contributed by atoms with Crippen LogP contribution in [0, 0.1) is 0 Å². The van der Waals surface area contributed by atoms with Crippen LogP contribution in [0.4, 0.5) is 0 Å². The van der Waals surface area contributed by atoms with Gasteiger partial charge in [0.15, 0.2) is 0 Å². The molecule has 92 valence electrons. The third-order valence-corrected chi connectivity index (χ3v) is 2.44. The van der Waals surface area contributed by atoms with Gasteiger partial charge in [-0.25, -0.2) is 0 Å². The Morgan fingerprint density at radius 3 is 2.40 bits per heavy atom. The molecule has 0 fully saturated rings. The second kappa shape index (κ2) is 7.17. The second-order valence-corrected chi connectivity index (χ2v) is 4.75. The quantitative estimate of drug-likeness (QED) is 0.576. The lowest BCUT2D eigenvalue weighted by molar-refractivity contribution is 0.0393. The van der Waals surface area contributed by atoms with Crippen molar-refractivity contribution < 1.29 is 9.84 Å². The van der Waals surface area contributed by atoms with Crippen LogP contribution >= 0.6 is 0 Å². The Bertz CT molecular complexity index is 155. The molecule has 0 amide bonds. The van der Waals surface area contributed by atoms with Crippen LogP contribution in [-0.4, -0.2) is 62.0 Å². The molecule has 0 aliphatic heterocycles. The molecule has 15 heavy (non-hydrogen) atoms. The lowest BCUT2D eigenvalue weighted by atomic mass is 10.0. The predicted octanol–water partition coefficient (Wildman–Crippen LogP) is 0.314. The summed E-state index contributed by atoms with van der Waals surface area (Å²) >= 11 is 0. The van der Waals surface area contributed by atoms with Crippen LogP contribution in [0.5, 0.6) is 0 Å². The molecule has 0 radical (unpaired) electrons. The highest BCUT2D eigenvalue weighted by Gasteiger charge is 2.20. The normalized spacial score (nSPS) is 14.6. The molecule has 0 aromatic heterocycles. The summed E-state index contributed by atoms with van der Waals surface area (Å²) in [4.78, 5) is 2.09. The van der Waals surface area contributed by atoms with E-state index >= 15 is 0 Å². The topological polar surface area (TPSA) is 44.7 Å². The van der Waals surface area contributed by atoms with E-state index in [1.54, 1.807) is 13.8 Å². The standard InChI is InChI=1S/C11H26N2O2/c1-10(11(2,3)14)12-6-8-15-9-7-13(4)5/h10,12,14H,6-9H2,1-5H3. The van der Waals surface area contributed by atoms with E-state index in [1.165, 1.54) is 0 Å². The first-order valence-corrected chi connectivity index (χ1v) is 5.52. The molecule has 0 aliphatic carbocycles. The SMILES string of the molecule is CC(NCCOCCN(C)C)C(C)(C)O. The summed E-state index contributed by atoms with van der Waals surface area (Å²) in [7, 11) is 4.05. The summed E-state index contributed by atoms with van der Waals surface area (Å²) in [5, 5.41) is 12.9. The number of nitrogens with zero attached hydrogens (tertiary/aromatic N) is 1. The number of rotatable bonds is 8. The molecule has 0 heterocycles. The van der Waals surface area contributed by atoms with Gasteiger partial charge >= 0.3 is 0 Å². The zero-order valence-corrected chi connectivity index (χ0v) is 10.7. The first-order valence-electron chi connectivity index (χ1n) is 5.52. The van der Waals surface area contributed by atoms with Gasteiger partial charge in [-0.1, -0.05) is 0 Å². The lowest BCUT2D eigenvalue weighted by Crippen LogP contribution is -2.45. The molecular weight excluding hydrogens is 192 g/mol. The zero-order valence-electron chi connectivity index (χ0n) is 10.7. The molecule has 0 aliphatic rings. The fourth-order valence-electron chi connectivity index (χ4n) is 0.947. The smallest absolute Gasteiger partial charge is 0.0741 e. The van der Waals surface area contributed by atoms with Gasteiger partial charge in [-0.15, -0.1) is 0 Å². The van der Waals surface area contributed by atoms with Crippen molar-refractivity contribution in [3.8, 4) is 0 Å². The van der Waals surface area contributed by atoms with Crippen molar-refractivity contribution in [2.75, 3.05) is 40.4 Å². The van der Waals surface area contributed by atoms with E-state index in [2.05, 4.69) is 10.2 Å². The minimum atomic E-state index is -0.677. The van der Waals surface area contributed by atoms with Gasteiger partial charge < -0.3 is 20.1 Å². The molecule has 0 spiro atoms. The minimum absolute atomic E-state index is 0.0787. The van der Waals surface area contributed by atoms with Gasteiger partial charge in [-0.05, 0) is 34.9 Å². The highest BCUT2D eigenvalue weighted by atomic mass is 16.5. The van der Waals surface area contributed by atoms with E-state index in [0.717, 1.165) is 19.7 Å². The summed E-state index contributed by atoms with van der Waals surface area (Å²) in [5.41, 5.74) is -0.677. The van der Waals surface area contributed by atoms with E-state index in [0.29, 0.717) is 6.61 Å². The number of nitrogens with one attached hydrogen (secondary N) is 1. The Hall–Kier alpha value is -0.160. The first-order chi connectivity index (χ1) is 6.84. The van der Waals surface area contributed by atoms with E-state index in [9.17, 15) is 5.11 Å². The van der Waals surface area contributed by atoms with Crippen molar-refractivity contribution in [1.29, 1.82) is 0 Å². The molecule has 0 saturated carbocycles. The van der Waals surface area contributed by atoms with Crippen molar-refractivity contribution in [3.63, 3.8) is 0 Å². The summed E-state index contributed by atoms with van der Waals surface area (Å²) < 4.78 is 5.42. The van der Waals surface area contributed by atoms with Gasteiger partial charge in [0.05, 0.1) is 18.8 Å². The molecule has 1 atom stereocenters. The molecule has 2 N–H and O–H groups in total. The zero-order chi connectivity index (χ0) is 11.9. The lowest BCUT2D eigenvalue weighted by Gasteiger charge is -2.26. The van der Waals surface area contributed by atoms with E-state index < -0.39 is 5.60 Å². The van der Waals surface area contributed by atoms with E-state index in [4.69, 9.17) is 4.74 Å². The Morgan fingerprint density at radius 1 is 1.33 bits per heavy atom. The van der Waals surface area contributed by atoms with Crippen LogP contribution in [0.25, 0.3) is 0 Å². The highest BCUT2D eigenvalue weighted by Crippen LogP contribution is 2.06. The van der Waals surface area contributed by atoms with Gasteiger partial charge in [0, 0.05) is 19.1 Å². The van der Waals surface area contributed by atoms with Crippen LogP contribution < -0.4 is 5.32 Å². The maximum Gasteiger partial charge on any atom is 0.0741 e. The van der Waals surface area contributed by atoms with Crippen molar-refractivity contribution in [2.24, 2.45) is 0 Å². The molecule has 4 nitrogen and oxygen atoms in total. The number of hydrogen-bond acceptors (Lipinski definition) is 4. The number of hydrogen-bond donors (Lipinski definition) is 2. The summed E-state index contributed by atoms with van der Waals surface area (Å²) in [5.74, 6) is 0. The average molecular weight is 218 g/mol. The van der Waals surface area contributed by atoms with Crippen LogP contribution in [-0.2, 0) is 4.74 Å².